The van der Waals surface area contributed by atoms with Gasteiger partial charge in [0.15, 0.2) is 9.84 Å². The lowest BCUT2D eigenvalue weighted by Gasteiger charge is -2.15. The topological polar surface area (TPSA) is 130 Å². The van der Waals surface area contributed by atoms with Crippen LogP contribution in [0.5, 0.6) is 0 Å². The summed E-state index contributed by atoms with van der Waals surface area (Å²) in [4.78, 5) is 10.8. The van der Waals surface area contributed by atoms with E-state index in [0.717, 1.165) is 5.56 Å². The molecule has 0 aromatic heterocycles. The number of aliphatic hydroxyl groups excluding tert-OH is 1. The van der Waals surface area contributed by atoms with Crippen LogP contribution in [0.1, 0.15) is 12.5 Å². The molecule has 1 fully saturated rings. The maximum absolute atomic E-state index is 12.2. The van der Waals surface area contributed by atoms with Crippen LogP contribution in [0.3, 0.4) is 0 Å². The van der Waals surface area contributed by atoms with E-state index in [9.17, 15) is 26.7 Å². The lowest BCUT2D eigenvalue weighted by atomic mass is 10.2. The molecule has 1 aromatic rings. The Kier molecular flexibility index (Phi) is 5.09. The average molecular weight is 362 g/mol. The molecule has 0 radical (unpaired) electrons. The second-order valence-electron chi connectivity index (χ2n) is 5.43. The number of hydrogen-bond donors (Lipinski definition) is 3. The van der Waals surface area contributed by atoms with Gasteiger partial charge in [-0.2, -0.15) is 0 Å². The van der Waals surface area contributed by atoms with Gasteiger partial charge in [-0.05, 0) is 17.7 Å². The van der Waals surface area contributed by atoms with E-state index in [4.69, 9.17) is 0 Å². The van der Waals surface area contributed by atoms with Crippen molar-refractivity contribution in [2.45, 2.75) is 30.5 Å². The zero-order valence-electron chi connectivity index (χ0n) is 12.4. The number of amides is 1. The van der Waals surface area contributed by atoms with E-state index in [1.54, 1.807) is 12.1 Å². The number of sulfone groups is 1. The van der Waals surface area contributed by atoms with E-state index < -0.39 is 43.5 Å². The maximum Gasteiger partial charge on any atom is 0.240 e. The molecule has 23 heavy (non-hydrogen) atoms. The first-order chi connectivity index (χ1) is 10.6. The van der Waals surface area contributed by atoms with Crippen molar-refractivity contribution >= 4 is 25.8 Å². The summed E-state index contributed by atoms with van der Waals surface area (Å²) in [6, 6.07) is 4.76. The molecule has 1 amide bonds. The number of sulfonamides is 1. The number of carbonyl (C=O) groups is 1. The maximum atomic E-state index is 12.2. The molecule has 1 aromatic carbocycles. The Balaban J connectivity index is 2.09. The minimum absolute atomic E-state index is 0.0411. The molecule has 1 aliphatic heterocycles. The van der Waals surface area contributed by atoms with Crippen LogP contribution in [0, 0.1) is 0 Å². The predicted molar refractivity (Wildman–Crippen MR) is 82.7 cm³/mol. The summed E-state index contributed by atoms with van der Waals surface area (Å²) in [6.45, 7) is 1.66. The van der Waals surface area contributed by atoms with Gasteiger partial charge in [0.1, 0.15) is 0 Å². The Bertz CT molecular complexity index is 786. The van der Waals surface area contributed by atoms with Crippen LogP contribution in [-0.4, -0.2) is 51.5 Å². The summed E-state index contributed by atoms with van der Waals surface area (Å²) in [5.41, 5.74) is 0.725. The Hall–Kier alpha value is -1.49. The van der Waals surface area contributed by atoms with E-state index in [2.05, 4.69) is 10.0 Å². The molecule has 128 valence electrons. The molecule has 0 unspecified atom stereocenters. The molecule has 8 nitrogen and oxygen atoms in total. The third-order valence-electron chi connectivity index (χ3n) is 3.40. The van der Waals surface area contributed by atoms with Gasteiger partial charge in [0.2, 0.25) is 15.9 Å². The third-order valence-corrected chi connectivity index (χ3v) is 6.63. The molecule has 0 saturated carbocycles. The van der Waals surface area contributed by atoms with Crippen LogP contribution >= 0.6 is 0 Å². The zero-order chi connectivity index (χ0) is 17.3. The second kappa shape index (κ2) is 6.56. The summed E-state index contributed by atoms with van der Waals surface area (Å²) in [7, 11) is -7.38. The van der Waals surface area contributed by atoms with E-state index in [-0.39, 0.29) is 17.3 Å². The first kappa shape index (κ1) is 17.9. The molecular formula is C13H18N2O6S2. The number of benzene rings is 1. The van der Waals surface area contributed by atoms with Gasteiger partial charge >= 0.3 is 0 Å². The number of carbonyl (C=O) groups excluding carboxylic acids is 1. The molecule has 0 bridgehead atoms. The molecule has 0 aliphatic carbocycles. The van der Waals surface area contributed by atoms with Crippen molar-refractivity contribution in [3.63, 3.8) is 0 Å². The van der Waals surface area contributed by atoms with Crippen LogP contribution in [-0.2, 0) is 31.2 Å². The van der Waals surface area contributed by atoms with Gasteiger partial charge in [0.25, 0.3) is 0 Å². The van der Waals surface area contributed by atoms with Crippen molar-refractivity contribution in [2.75, 3.05) is 11.5 Å². The fraction of sp³-hybridized carbons (Fsp3) is 0.462. The van der Waals surface area contributed by atoms with Crippen molar-refractivity contribution < 1.29 is 26.7 Å². The second-order valence-corrected chi connectivity index (χ2v) is 9.29. The minimum atomic E-state index is -3.94. The van der Waals surface area contributed by atoms with E-state index in [0.29, 0.717) is 0 Å². The first-order valence-corrected chi connectivity index (χ1v) is 10.1. The summed E-state index contributed by atoms with van der Waals surface area (Å²) in [5, 5.41) is 12.2. The van der Waals surface area contributed by atoms with Crippen LogP contribution in [0.4, 0.5) is 0 Å². The predicted octanol–water partition coefficient (Wildman–Crippen LogP) is -1.24. The van der Waals surface area contributed by atoms with Crippen molar-refractivity contribution in [2.24, 2.45) is 0 Å². The number of rotatable bonds is 5. The lowest BCUT2D eigenvalue weighted by molar-refractivity contribution is -0.119. The zero-order valence-corrected chi connectivity index (χ0v) is 14.0. The third kappa shape index (κ3) is 4.74. The average Bonchev–Trinajstić information content (AvgIpc) is 2.68. The largest absolute Gasteiger partial charge is 0.390 e. The fourth-order valence-corrected chi connectivity index (χ4v) is 5.34. The normalized spacial score (nSPS) is 23.6. The first-order valence-electron chi connectivity index (χ1n) is 6.83. The van der Waals surface area contributed by atoms with E-state index in [1.807, 2.05) is 0 Å². The fourth-order valence-electron chi connectivity index (χ4n) is 2.22. The molecular weight excluding hydrogens is 344 g/mol. The number of aliphatic hydroxyl groups is 1. The van der Waals surface area contributed by atoms with Crippen LogP contribution < -0.4 is 10.0 Å². The van der Waals surface area contributed by atoms with Gasteiger partial charge in [-0.3, -0.25) is 4.79 Å². The van der Waals surface area contributed by atoms with E-state index in [1.165, 1.54) is 19.1 Å². The SMILES string of the molecule is CC(=O)NCc1ccc(S(=O)(=O)N[C@@H]2CS(=O)(=O)C[C@@H]2O)cc1. The molecule has 1 heterocycles. The summed E-state index contributed by atoms with van der Waals surface area (Å²) in [6.07, 6.45) is -1.26. The van der Waals surface area contributed by atoms with Crippen molar-refractivity contribution in [1.29, 1.82) is 0 Å². The Morgan fingerprint density at radius 3 is 2.35 bits per heavy atom. The molecule has 10 heteroatoms. The van der Waals surface area contributed by atoms with Gasteiger partial charge in [0, 0.05) is 13.5 Å². The smallest absolute Gasteiger partial charge is 0.240 e. The summed E-state index contributed by atoms with van der Waals surface area (Å²) < 4.78 is 49.5. The molecule has 2 atom stereocenters. The lowest BCUT2D eigenvalue weighted by Crippen LogP contribution is -2.42. The van der Waals surface area contributed by atoms with Crippen molar-refractivity contribution in [1.82, 2.24) is 10.0 Å². The molecule has 1 saturated heterocycles. The monoisotopic (exact) mass is 362 g/mol. The number of nitrogens with one attached hydrogen (secondary N) is 2. The Morgan fingerprint density at radius 1 is 1.26 bits per heavy atom. The summed E-state index contributed by atoms with van der Waals surface area (Å²) >= 11 is 0. The molecule has 2 rings (SSSR count). The van der Waals surface area contributed by atoms with Crippen molar-refractivity contribution in [3.8, 4) is 0 Å². The molecule has 3 N–H and O–H groups in total. The highest BCUT2D eigenvalue weighted by atomic mass is 32.2. The highest BCUT2D eigenvalue weighted by molar-refractivity contribution is 7.92. The number of hydrogen-bond acceptors (Lipinski definition) is 6. The quantitative estimate of drug-likeness (QED) is 0.601. The Morgan fingerprint density at radius 2 is 1.87 bits per heavy atom. The van der Waals surface area contributed by atoms with Gasteiger partial charge < -0.3 is 10.4 Å². The van der Waals surface area contributed by atoms with Crippen LogP contribution in [0.2, 0.25) is 0 Å². The van der Waals surface area contributed by atoms with Crippen LogP contribution in [0.15, 0.2) is 29.2 Å². The molecule has 1 aliphatic rings. The van der Waals surface area contributed by atoms with Gasteiger partial charge in [0.05, 0.1) is 28.5 Å². The molecule has 0 spiro atoms. The Labute approximate surface area is 134 Å². The van der Waals surface area contributed by atoms with Gasteiger partial charge in [-0.25, -0.2) is 21.6 Å². The minimum Gasteiger partial charge on any atom is -0.390 e. The van der Waals surface area contributed by atoms with Gasteiger partial charge in [-0.15, -0.1) is 0 Å². The standard InChI is InChI=1S/C13H18N2O6S2/c1-9(16)14-6-10-2-4-11(5-3-10)23(20,21)15-12-7-22(18,19)8-13(12)17/h2-5,12-13,15,17H,6-8H2,1H3,(H,14,16)/t12-,13+/m1/s1. The highest BCUT2D eigenvalue weighted by Gasteiger charge is 2.38. The van der Waals surface area contributed by atoms with Crippen molar-refractivity contribution in [3.05, 3.63) is 29.8 Å². The summed E-state index contributed by atoms with van der Waals surface area (Å²) in [5.74, 6) is -1.07. The highest BCUT2D eigenvalue weighted by Crippen LogP contribution is 2.17. The van der Waals surface area contributed by atoms with E-state index >= 15 is 0 Å². The van der Waals surface area contributed by atoms with Gasteiger partial charge in [-0.1, -0.05) is 12.1 Å². The van der Waals surface area contributed by atoms with Crippen LogP contribution in [0.25, 0.3) is 0 Å².